The van der Waals surface area contributed by atoms with Gasteiger partial charge in [0.2, 0.25) is 5.91 Å². The number of phenolic OH excluding ortho intramolecular Hbond substituents is 3. The van der Waals surface area contributed by atoms with Gasteiger partial charge in [-0.25, -0.2) is 9.78 Å². The van der Waals surface area contributed by atoms with Crippen molar-refractivity contribution in [3.63, 3.8) is 0 Å². The zero-order valence-corrected chi connectivity index (χ0v) is 77.0. The van der Waals surface area contributed by atoms with Crippen molar-refractivity contribution in [1.29, 1.82) is 0 Å². The number of aliphatic hydroxyl groups excluding tert-OH is 1. The summed E-state index contributed by atoms with van der Waals surface area (Å²) in [5, 5.41) is 57.7. The van der Waals surface area contributed by atoms with Gasteiger partial charge in [0, 0.05) is 104 Å². The summed E-state index contributed by atoms with van der Waals surface area (Å²) >= 11 is 0. The van der Waals surface area contributed by atoms with Gasteiger partial charge in [0.1, 0.15) is 103 Å². The summed E-state index contributed by atoms with van der Waals surface area (Å²) in [5.41, 5.74) is 10.5. The number of benzene rings is 6. The molecule has 6 aromatic carbocycles. The first-order valence-electron chi connectivity index (χ1n) is 44.1. The summed E-state index contributed by atoms with van der Waals surface area (Å²) in [7, 11) is 1.71. The van der Waals surface area contributed by atoms with Crippen molar-refractivity contribution in [2.75, 3.05) is 62.2 Å². The van der Waals surface area contributed by atoms with Crippen molar-refractivity contribution in [2.24, 2.45) is 0 Å². The zero-order chi connectivity index (χ0) is 96.8. The van der Waals surface area contributed by atoms with Gasteiger partial charge in [0.15, 0.2) is 31.4 Å². The number of carbonyl (C=O) groups is 7. The Morgan fingerprint density at radius 1 is 0.493 bits per heavy atom. The van der Waals surface area contributed by atoms with Crippen LogP contribution in [0.25, 0.3) is 34.2 Å². The lowest BCUT2D eigenvalue weighted by Gasteiger charge is -2.35. The van der Waals surface area contributed by atoms with E-state index in [0.717, 1.165) is 74.8 Å². The molecule has 34 nitrogen and oxygen atoms in total. The van der Waals surface area contributed by atoms with Crippen LogP contribution in [0.2, 0.25) is 0 Å². The maximum atomic E-state index is 12.2. The standard InChI is InChI=1S/C24H28N4O4.C22H25N3O5.C19H21N5O2.C19H19NO4.C18H17NO5/c1-16(2)28-20(11-13-26-28)22-17(8-7-12-25-22)15-31-21-10-6-9-19(18(21)14-29)27-23(30)32-24(3,4)5;1-14(2)25-17(8-10-24-25)21-15(5-4-9-23-21)12-28-19-7-3-6-18(27)20(19)22-29-13-16(11-26)30-22;1-13(2)24-16(6-10-23-24)18-14(5-4-8-21-18)12-26-17-7-9-22-19(20-3)15(17)11-25;21-12-16-17(22)7-4-8-18(16)24-13-15-9-10-19(23)20(15)11-14-5-2-1-3-6-14;20-9-15-16(21)7-4-8-17(15)24-11-14-10-23-12-18(22)19(14)13-5-2-1-3-6-13/h6-14,16H,15H2,1-5H3,(H,27,30);3-10,14,16,22,26-27H,11-13H2,1-2H3;4-11,13H,12H2,1-3H3,(H,20,22);1-8,12,15,22H,9-11,13H2;1-9,14,21H,10-12H2/t;;;15-;14-/m...00/s1. The lowest BCUT2D eigenvalue weighted by atomic mass is 10.1. The van der Waals surface area contributed by atoms with Gasteiger partial charge in [-0.1, -0.05) is 91.0 Å². The Morgan fingerprint density at radius 2 is 0.956 bits per heavy atom. The van der Waals surface area contributed by atoms with E-state index >= 15 is 0 Å². The molecule has 0 radical (unpaired) electrons. The number of hydrogen-bond donors (Lipinski definition) is 6. The van der Waals surface area contributed by atoms with Gasteiger partial charge < -0.3 is 78.2 Å². The number of aromatic hydroxyl groups is 3. The van der Waals surface area contributed by atoms with Crippen LogP contribution in [0.1, 0.15) is 169 Å². The highest BCUT2D eigenvalue weighted by atomic mass is 16.7. The molecule has 3 saturated heterocycles. The van der Waals surface area contributed by atoms with Gasteiger partial charge in [-0.05, 0) is 177 Å². The van der Waals surface area contributed by atoms with Crippen LogP contribution in [0.5, 0.6) is 46.0 Å². The minimum Gasteiger partial charge on any atom is -0.507 e. The summed E-state index contributed by atoms with van der Waals surface area (Å²) in [6, 6.07) is 57.5. The predicted octanol–water partition coefficient (Wildman–Crippen LogP) is 16.6. The van der Waals surface area contributed by atoms with Gasteiger partial charge in [0.05, 0.1) is 99.6 Å². The van der Waals surface area contributed by atoms with E-state index in [-0.39, 0.29) is 128 Å². The Kier molecular flexibility index (Phi) is 35.3. The number of amides is 3. The monoisotopic (exact) mass is 1850 g/mol. The van der Waals surface area contributed by atoms with Gasteiger partial charge in [-0.2, -0.15) is 15.3 Å². The largest absolute Gasteiger partial charge is 0.507 e. The molecule has 3 aliphatic heterocycles. The smallest absolute Gasteiger partial charge is 0.412 e. The molecule has 10 heterocycles. The van der Waals surface area contributed by atoms with E-state index in [2.05, 4.69) is 87.4 Å². The number of nitrogens with one attached hydrogen (secondary N) is 2. The van der Waals surface area contributed by atoms with Crippen LogP contribution in [0.15, 0.2) is 238 Å². The summed E-state index contributed by atoms with van der Waals surface area (Å²) in [4.78, 5) is 103. The topological polar surface area (TPSA) is 419 Å². The molecule has 7 aromatic heterocycles. The Hall–Kier alpha value is -15.5. The quantitative estimate of drug-likeness (QED) is 0.0213. The molecule has 0 aliphatic carbocycles. The highest BCUT2D eigenvalue weighted by Gasteiger charge is 2.35. The first-order valence-corrected chi connectivity index (χ1v) is 44.1. The number of likely N-dealkylation sites (tertiary alicyclic amines) is 1. The molecule has 4 atom stereocenters. The Bertz CT molecular complexity index is 6180. The summed E-state index contributed by atoms with van der Waals surface area (Å²) in [5.74, 6) is 2.11. The third-order valence-corrected chi connectivity index (χ3v) is 21.4. The van der Waals surface area contributed by atoms with Gasteiger partial charge in [-0.3, -0.25) is 63.1 Å². The van der Waals surface area contributed by atoms with E-state index in [0.29, 0.717) is 90.7 Å². The number of carbonyl (C=O) groups excluding carboxylic acids is 7. The van der Waals surface area contributed by atoms with Crippen molar-refractivity contribution < 1.29 is 96.6 Å². The second kappa shape index (κ2) is 48.2. The fourth-order valence-corrected chi connectivity index (χ4v) is 14.9. The molecule has 3 fully saturated rings. The molecule has 0 saturated carbocycles. The van der Waals surface area contributed by atoms with Gasteiger partial charge in [0.25, 0.3) is 5.91 Å². The molecular formula is C102H110N14O20. The Balaban J connectivity index is 0.000000153. The second-order valence-electron chi connectivity index (χ2n) is 33.1. The third-order valence-electron chi connectivity index (χ3n) is 21.4. The molecule has 136 heavy (non-hydrogen) atoms. The molecule has 34 heteroatoms. The average Bonchev–Trinajstić information content (AvgIpc) is 1.59. The first kappa shape index (κ1) is 99.5. The normalized spacial score (nSPS) is 15.0. The zero-order valence-electron chi connectivity index (χ0n) is 77.0. The number of aliphatic hydroxyl groups is 1. The van der Waals surface area contributed by atoms with E-state index < -0.39 is 24.1 Å². The number of rotatable bonds is 32. The fraction of sp³-hybridized carbons (Fsp3) is 0.294. The van der Waals surface area contributed by atoms with Crippen LogP contribution in [-0.2, 0) is 54.9 Å². The molecule has 3 aliphatic rings. The van der Waals surface area contributed by atoms with E-state index in [4.69, 9.17) is 42.6 Å². The molecule has 2 unspecified atom stereocenters. The van der Waals surface area contributed by atoms with Crippen molar-refractivity contribution in [3.8, 4) is 80.2 Å². The molecular weight excluding hydrogens is 1740 g/mol. The average molecular weight is 1850 g/mol. The summed E-state index contributed by atoms with van der Waals surface area (Å²) < 4.78 is 57.0. The second-order valence-corrected chi connectivity index (χ2v) is 33.1. The third kappa shape index (κ3) is 25.9. The lowest BCUT2D eigenvalue weighted by molar-refractivity contribution is -0.130. The number of para-hydroxylation sites is 1. The lowest BCUT2D eigenvalue weighted by Crippen LogP contribution is -2.52. The number of hydrogen-bond acceptors (Lipinski definition) is 28. The maximum Gasteiger partial charge on any atom is 0.412 e. The van der Waals surface area contributed by atoms with Gasteiger partial charge >= 0.3 is 6.09 Å². The van der Waals surface area contributed by atoms with E-state index in [1.165, 1.54) is 12.1 Å². The van der Waals surface area contributed by atoms with Crippen LogP contribution in [-0.4, -0.2) is 188 Å². The van der Waals surface area contributed by atoms with Crippen LogP contribution < -0.4 is 39.2 Å². The Labute approximate surface area is 786 Å². The SMILES string of the molecule is CC(C)n1nccc1-c1ncccc1COc1cccc(NC(=O)OC(C)(C)C)c1C=O.CC(C)n1nccc1-c1ncccc1COc1cccc(O)c1C1OCC(CO)O1.CNc1nccc(OCc2cccnc2-c2ccnn2C(C)C)c1C=O.O=Cc1c(O)cccc1OC[C@@H]1CCC(=O)N1Cc1ccccc1.O=Cc1c(O)cccc1OC[C@@H]1COCC(=O)N1c1ccccc1. The summed E-state index contributed by atoms with van der Waals surface area (Å²) in [6.07, 6.45) is 13.9. The molecule has 13 aromatic rings. The number of aldehydes is 4. The first-order chi connectivity index (χ1) is 65.8. The molecule has 3 amide bonds. The van der Waals surface area contributed by atoms with Crippen molar-refractivity contribution >= 4 is 60.2 Å². The maximum absolute atomic E-state index is 12.2. The highest BCUT2D eigenvalue weighted by Crippen LogP contribution is 2.41. The number of ether oxygens (including phenoxy) is 9. The number of nitrogens with zero attached hydrogens (tertiary/aromatic N) is 12. The minimum absolute atomic E-state index is 0.0142. The van der Waals surface area contributed by atoms with E-state index in [1.807, 2.05) is 134 Å². The fourth-order valence-electron chi connectivity index (χ4n) is 14.9. The van der Waals surface area contributed by atoms with Crippen molar-refractivity contribution in [2.45, 2.75) is 150 Å². The van der Waals surface area contributed by atoms with E-state index in [9.17, 15) is 54.0 Å². The number of pyridine rings is 4. The number of phenols is 3. The molecule has 0 bridgehead atoms. The highest BCUT2D eigenvalue weighted by molar-refractivity contribution is 5.96. The van der Waals surface area contributed by atoms with Crippen molar-refractivity contribution in [1.82, 2.24) is 54.2 Å². The van der Waals surface area contributed by atoms with E-state index in [1.54, 1.807) is 143 Å². The summed E-state index contributed by atoms with van der Waals surface area (Å²) in [6.45, 7) is 19.8. The number of anilines is 3. The molecule has 6 N–H and O–H groups in total. The molecule has 16 rings (SSSR count). The van der Waals surface area contributed by atoms with Crippen LogP contribution in [0, 0.1) is 0 Å². The van der Waals surface area contributed by atoms with Crippen LogP contribution in [0.4, 0.5) is 22.0 Å². The number of morpholine rings is 1. The Morgan fingerprint density at radius 3 is 1.43 bits per heavy atom. The van der Waals surface area contributed by atoms with Crippen LogP contribution >= 0.6 is 0 Å². The van der Waals surface area contributed by atoms with Crippen molar-refractivity contribution in [3.05, 3.63) is 288 Å². The molecule has 0 spiro atoms. The molecule has 708 valence electrons. The van der Waals surface area contributed by atoms with Crippen LogP contribution in [0.3, 0.4) is 0 Å². The predicted molar refractivity (Wildman–Crippen MR) is 507 cm³/mol. The minimum atomic E-state index is -0.797. The van der Waals surface area contributed by atoms with Gasteiger partial charge in [-0.15, -0.1) is 0 Å². The number of aromatic nitrogens is 10.